The predicted octanol–water partition coefficient (Wildman–Crippen LogP) is 1.42. The summed E-state index contributed by atoms with van der Waals surface area (Å²) in [7, 11) is 0. The van der Waals surface area contributed by atoms with Gasteiger partial charge >= 0.3 is 0 Å². The van der Waals surface area contributed by atoms with Crippen LogP contribution in [0.25, 0.3) is 0 Å². The van der Waals surface area contributed by atoms with Gasteiger partial charge in [-0.2, -0.15) is 0 Å². The standard InChI is InChI=1S/C12H19N3O/c1-4-15(10-5-7-14-8-6-10)11(16)12(2,3)9-13/h5-8H,4,9,13H2,1-3H3. The number of pyridine rings is 1. The van der Waals surface area contributed by atoms with Crippen LogP contribution in [0.4, 0.5) is 5.69 Å². The van der Waals surface area contributed by atoms with E-state index in [1.54, 1.807) is 17.3 Å². The number of nitrogens with zero attached hydrogens (tertiary/aromatic N) is 2. The average Bonchev–Trinajstić information content (AvgIpc) is 2.31. The molecule has 1 aromatic rings. The topological polar surface area (TPSA) is 59.2 Å². The van der Waals surface area contributed by atoms with Crippen LogP contribution < -0.4 is 10.6 Å². The fourth-order valence-electron chi connectivity index (χ4n) is 1.42. The van der Waals surface area contributed by atoms with Gasteiger partial charge in [-0.15, -0.1) is 0 Å². The summed E-state index contributed by atoms with van der Waals surface area (Å²) in [5, 5.41) is 0. The van der Waals surface area contributed by atoms with Crippen molar-refractivity contribution in [2.24, 2.45) is 11.1 Å². The second-order valence-electron chi connectivity index (χ2n) is 4.34. The van der Waals surface area contributed by atoms with Crippen LogP contribution in [-0.4, -0.2) is 24.0 Å². The van der Waals surface area contributed by atoms with E-state index in [0.29, 0.717) is 13.1 Å². The minimum atomic E-state index is -0.528. The summed E-state index contributed by atoms with van der Waals surface area (Å²) in [6.07, 6.45) is 3.36. The van der Waals surface area contributed by atoms with Crippen LogP contribution in [0.5, 0.6) is 0 Å². The van der Waals surface area contributed by atoms with Crippen molar-refractivity contribution in [3.63, 3.8) is 0 Å². The lowest BCUT2D eigenvalue weighted by Crippen LogP contribution is -2.44. The van der Waals surface area contributed by atoms with E-state index in [0.717, 1.165) is 5.69 Å². The number of amides is 1. The number of aromatic nitrogens is 1. The third kappa shape index (κ3) is 2.58. The average molecular weight is 221 g/mol. The van der Waals surface area contributed by atoms with Crippen LogP contribution in [0.15, 0.2) is 24.5 Å². The molecule has 0 aliphatic rings. The van der Waals surface area contributed by atoms with Crippen molar-refractivity contribution in [2.45, 2.75) is 20.8 Å². The van der Waals surface area contributed by atoms with Crippen LogP contribution >= 0.6 is 0 Å². The van der Waals surface area contributed by atoms with Crippen LogP contribution in [-0.2, 0) is 4.79 Å². The van der Waals surface area contributed by atoms with Gasteiger partial charge < -0.3 is 10.6 Å². The predicted molar refractivity (Wildman–Crippen MR) is 65.1 cm³/mol. The van der Waals surface area contributed by atoms with Crippen molar-refractivity contribution >= 4 is 11.6 Å². The first kappa shape index (κ1) is 12.6. The number of carbonyl (C=O) groups is 1. The number of nitrogens with two attached hydrogens (primary N) is 1. The third-order valence-electron chi connectivity index (χ3n) is 2.63. The molecule has 1 rings (SSSR count). The van der Waals surface area contributed by atoms with Crippen molar-refractivity contribution in [1.82, 2.24) is 4.98 Å². The van der Waals surface area contributed by atoms with Crippen molar-refractivity contribution in [2.75, 3.05) is 18.0 Å². The molecule has 88 valence electrons. The van der Waals surface area contributed by atoms with Gasteiger partial charge in [-0.25, -0.2) is 0 Å². The summed E-state index contributed by atoms with van der Waals surface area (Å²) in [6, 6.07) is 3.65. The highest BCUT2D eigenvalue weighted by Crippen LogP contribution is 2.22. The zero-order valence-corrected chi connectivity index (χ0v) is 10.1. The summed E-state index contributed by atoms with van der Waals surface area (Å²) in [5.74, 6) is 0.0451. The first-order chi connectivity index (χ1) is 7.53. The third-order valence-corrected chi connectivity index (χ3v) is 2.63. The zero-order valence-electron chi connectivity index (χ0n) is 10.1. The zero-order chi connectivity index (χ0) is 12.2. The minimum absolute atomic E-state index is 0.0451. The molecule has 0 atom stereocenters. The molecule has 1 amide bonds. The quantitative estimate of drug-likeness (QED) is 0.836. The molecule has 1 heterocycles. The van der Waals surface area contributed by atoms with Crippen LogP contribution in [0, 0.1) is 5.41 Å². The Labute approximate surface area is 96.5 Å². The lowest BCUT2D eigenvalue weighted by atomic mass is 9.91. The van der Waals surface area contributed by atoms with E-state index in [2.05, 4.69) is 4.98 Å². The van der Waals surface area contributed by atoms with E-state index in [-0.39, 0.29) is 5.91 Å². The molecule has 0 aromatic carbocycles. The Morgan fingerprint density at radius 2 is 2.00 bits per heavy atom. The summed E-state index contributed by atoms with van der Waals surface area (Å²) in [5.41, 5.74) is 5.95. The van der Waals surface area contributed by atoms with Gasteiger partial charge in [-0.3, -0.25) is 9.78 Å². The lowest BCUT2D eigenvalue weighted by molar-refractivity contribution is -0.126. The Kier molecular flexibility index (Phi) is 4.01. The van der Waals surface area contributed by atoms with Gasteiger partial charge in [0.25, 0.3) is 0 Å². The van der Waals surface area contributed by atoms with Gasteiger partial charge in [0.05, 0.1) is 5.41 Å². The minimum Gasteiger partial charge on any atom is -0.329 e. The number of rotatable bonds is 4. The summed E-state index contributed by atoms with van der Waals surface area (Å²) >= 11 is 0. The monoisotopic (exact) mass is 221 g/mol. The Morgan fingerprint density at radius 1 is 1.44 bits per heavy atom. The maximum Gasteiger partial charge on any atom is 0.233 e. The number of hydrogen-bond acceptors (Lipinski definition) is 3. The maximum absolute atomic E-state index is 12.3. The van der Waals surface area contributed by atoms with Crippen LogP contribution in [0.3, 0.4) is 0 Å². The van der Waals surface area contributed by atoms with Crippen molar-refractivity contribution in [1.29, 1.82) is 0 Å². The van der Waals surface area contributed by atoms with Gasteiger partial charge in [0.15, 0.2) is 0 Å². The van der Waals surface area contributed by atoms with Gasteiger partial charge in [-0.05, 0) is 32.9 Å². The van der Waals surface area contributed by atoms with Crippen molar-refractivity contribution in [3.05, 3.63) is 24.5 Å². The second kappa shape index (κ2) is 5.07. The van der Waals surface area contributed by atoms with E-state index < -0.39 is 5.41 Å². The molecule has 1 aromatic heterocycles. The van der Waals surface area contributed by atoms with E-state index in [1.165, 1.54) is 0 Å². The number of hydrogen-bond donors (Lipinski definition) is 1. The molecule has 0 aliphatic carbocycles. The van der Waals surface area contributed by atoms with E-state index in [1.807, 2.05) is 32.9 Å². The molecule has 0 fully saturated rings. The molecule has 0 saturated heterocycles. The molecule has 0 unspecified atom stereocenters. The van der Waals surface area contributed by atoms with Crippen LogP contribution in [0.2, 0.25) is 0 Å². The van der Waals surface area contributed by atoms with Crippen LogP contribution in [0.1, 0.15) is 20.8 Å². The smallest absolute Gasteiger partial charge is 0.233 e. The molecule has 2 N–H and O–H groups in total. The molecule has 4 nitrogen and oxygen atoms in total. The molecule has 0 saturated carbocycles. The Hall–Kier alpha value is -1.42. The van der Waals surface area contributed by atoms with Gasteiger partial charge in [-0.1, -0.05) is 0 Å². The van der Waals surface area contributed by atoms with Crippen molar-refractivity contribution < 1.29 is 4.79 Å². The Morgan fingerprint density at radius 3 is 2.44 bits per heavy atom. The molecule has 16 heavy (non-hydrogen) atoms. The molecule has 0 aliphatic heterocycles. The highest BCUT2D eigenvalue weighted by Gasteiger charge is 2.30. The second-order valence-corrected chi connectivity index (χ2v) is 4.34. The highest BCUT2D eigenvalue weighted by molar-refractivity contribution is 5.97. The first-order valence-corrected chi connectivity index (χ1v) is 5.45. The summed E-state index contributed by atoms with van der Waals surface area (Å²) in [6.45, 7) is 6.64. The fourth-order valence-corrected chi connectivity index (χ4v) is 1.42. The van der Waals surface area contributed by atoms with E-state index in [9.17, 15) is 4.79 Å². The molecule has 0 radical (unpaired) electrons. The Bertz CT molecular complexity index is 349. The molecule has 4 heteroatoms. The maximum atomic E-state index is 12.3. The molecular formula is C12H19N3O. The van der Waals surface area contributed by atoms with Gasteiger partial charge in [0.1, 0.15) is 0 Å². The first-order valence-electron chi connectivity index (χ1n) is 5.45. The molecular weight excluding hydrogens is 202 g/mol. The van der Waals surface area contributed by atoms with Gasteiger partial charge in [0, 0.05) is 31.2 Å². The van der Waals surface area contributed by atoms with E-state index in [4.69, 9.17) is 5.73 Å². The molecule has 0 spiro atoms. The summed E-state index contributed by atoms with van der Waals surface area (Å²) < 4.78 is 0. The van der Waals surface area contributed by atoms with Crippen molar-refractivity contribution in [3.8, 4) is 0 Å². The van der Waals surface area contributed by atoms with Gasteiger partial charge in [0.2, 0.25) is 5.91 Å². The Balaban J connectivity index is 2.96. The normalized spacial score (nSPS) is 11.2. The van der Waals surface area contributed by atoms with E-state index >= 15 is 0 Å². The highest BCUT2D eigenvalue weighted by atomic mass is 16.2. The largest absolute Gasteiger partial charge is 0.329 e. The fraction of sp³-hybridized carbons (Fsp3) is 0.500. The SMILES string of the molecule is CCN(C(=O)C(C)(C)CN)c1ccncc1. The summed E-state index contributed by atoms with van der Waals surface area (Å²) in [4.78, 5) is 17.9. The number of anilines is 1. The number of carbonyl (C=O) groups excluding carboxylic acids is 1. The molecule has 0 bridgehead atoms. The lowest BCUT2D eigenvalue weighted by Gasteiger charge is -2.30.